The number of aliphatic hydroxyl groups excluding tert-OH is 1. The molecule has 0 aliphatic heterocycles. The molecule has 0 saturated carbocycles. The summed E-state index contributed by atoms with van der Waals surface area (Å²) >= 11 is 0. The van der Waals surface area contributed by atoms with Gasteiger partial charge in [-0.1, -0.05) is 0 Å². The third-order valence-electron chi connectivity index (χ3n) is 2.20. The number of nitrogens with one attached hydrogen (secondary N) is 1. The lowest BCUT2D eigenvalue weighted by Crippen LogP contribution is -2.34. The van der Waals surface area contributed by atoms with Gasteiger partial charge in [-0.2, -0.15) is 0 Å². The highest BCUT2D eigenvalue weighted by Crippen LogP contribution is 2.10. The number of amides is 1. The van der Waals surface area contributed by atoms with Crippen molar-refractivity contribution in [3.63, 3.8) is 0 Å². The highest BCUT2D eigenvalue weighted by molar-refractivity contribution is 7.90. The molecule has 0 aromatic heterocycles. The summed E-state index contributed by atoms with van der Waals surface area (Å²) in [5, 5.41) is 11.4. The third-order valence-corrected chi connectivity index (χ3v) is 3.32. The molecule has 0 radical (unpaired) electrons. The van der Waals surface area contributed by atoms with E-state index in [1.165, 1.54) is 24.3 Å². The first-order valence-electron chi connectivity index (χ1n) is 5.06. The van der Waals surface area contributed by atoms with E-state index in [2.05, 4.69) is 5.32 Å². The van der Waals surface area contributed by atoms with Crippen LogP contribution in [0.2, 0.25) is 0 Å². The van der Waals surface area contributed by atoms with Crippen LogP contribution in [0.15, 0.2) is 29.2 Å². The molecule has 1 aromatic rings. The first kappa shape index (κ1) is 13.7. The summed E-state index contributed by atoms with van der Waals surface area (Å²) < 4.78 is 22.4. The van der Waals surface area contributed by atoms with Gasteiger partial charge in [-0.15, -0.1) is 0 Å². The second-order valence-electron chi connectivity index (χ2n) is 3.85. The van der Waals surface area contributed by atoms with Crippen molar-refractivity contribution in [1.29, 1.82) is 0 Å². The van der Waals surface area contributed by atoms with Crippen LogP contribution in [0.4, 0.5) is 0 Å². The first-order valence-corrected chi connectivity index (χ1v) is 6.95. The lowest BCUT2D eigenvalue weighted by Gasteiger charge is -2.10. The van der Waals surface area contributed by atoms with Gasteiger partial charge in [-0.05, 0) is 31.2 Å². The van der Waals surface area contributed by atoms with E-state index in [4.69, 9.17) is 5.11 Å². The summed E-state index contributed by atoms with van der Waals surface area (Å²) in [5.41, 5.74) is 0.359. The maximum atomic E-state index is 11.6. The van der Waals surface area contributed by atoms with Crippen LogP contribution in [-0.4, -0.2) is 38.3 Å². The Kier molecular flexibility index (Phi) is 4.25. The molecule has 1 rings (SSSR count). The summed E-state index contributed by atoms with van der Waals surface area (Å²) in [6, 6.07) is 5.31. The Balaban J connectivity index is 2.85. The number of aliphatic hydroxyl groups is 1. The Morgan fingerprint density at radius 3 is 2.29 bits per heavy atom. The quantitative estimate of drug-likeness (QED) is 0.807. The summed E-state index contributed by atoms with van der Waals surface area (Å²) in [6.07, 6.45) is 1.11. The summed E-state index contributed by atoms with van der Waals surface area (Å²) in [6.45, 7) is 1.52. The highest BCUT2D eigenvalue weighted by atomic mass is 32.2. The number of hydrogen-bond acceptors (Lipinski definition) is 4. The van der Waals surface area contributed by atoms with Crippen molar-refractivity contribution in [2.24, 2.45) is 0 Å². The Labute approximate surface area is 100 Å². The van der Waals surface area contributed by atoms with Gasteiger partial charge in [0.05, 0.1) is 11.5 Å². The molecule has 2 N–H and O–H groups in total. The lowest BCUT2D eigenvalue weighted by molar-refractivity contribution is 0.0922. The van der Waals surface area contributed by atoms with Crippen molar-refractivity contribution in [3.8, 4) is 0 Å². The third kappa shape index (κ3) is 3.83. The van der Waals surface area contributed by atoms with Gasteiger partial charge in [0.15, 0.2) is 9.84 Å². The number of carbonyl (C=O) groups is 1. The standard InChI is InChI=1S/C11H15NO4S/c1-8(7-13)12-11(14)9-3-5-10(6-4-9)17(2,15)16/h3-6,8,13H,7H2,1-2H3,(H,12,14). The number of benzene rings is 1. The molecule has 6 heteroatoms. The van der Waals surface area contributed by atoms with Crippen LogP contribution in [0.5, 0.6) is 0 Å². The number of sulfone groups is 1. The second-order valence-corrected chi connectivity index (χ2v) is 5.87. The maximum Gasteiger partial charge on any atom is 0.251 e. The number of rotatable bonds is 4. The molecule has 1 atom stereocenters. The molecule has 5 nitrogen and oxygen atoms in total. The molecular formula is C11H15NO4S. The van der Waals surface area contributed by atoms with Crippen LogP contribution in [-0.2, 0) is 9.84 Å². The van der Waals surface area contributed by atoms with Gasteiger partial charge in [0, 0.05) is 17.9 Å². The topological polar surface area (TPSA) is 83.5 Å². The predicted molar refractivity (Wildman–Crippen MR) is 63.6 cm³/mol. The molecule has 1 amide bonds. The van der Waals surface area contributed by atoms with Crippen LogP contribution < -0.4 is 5.32 Å². The van der Waals surface area contributed by atoms with E-state index in [1.54, 1.807) is 6.92 Å². The molecule has 17 heavy (non-hydrogen) atoms. The minimum absolute atomic E-state index is 0.146. The second kappa shape index (κ2) is 5.29. The van der Waals surface area contributed by atoms with Crippen LogP contribution in [0, 0.1) is 0 Å². The lowest BCUT2D eigenvalue weighted by atomic mass is 10.2. The van der Waals surface area contributed by atoms with Crippen molar-refractivity contribution in [1.82, 2.24) is 5.32 Å². The maximum absolute atomic E-state index is 11.6. The summed E-state index contributed by atoms with van der Waals surface area (Å²) in [5.74, 6) is -0.341. The Morgan fingerprint density at radius 2 is 1.88 bits per heavy atom. The molecule has 94 valence electrons. The van der Waals surface area contributed by atoms with E-state index >= 15 is 0 Å². The van der Waals surface area contributed by atoms with Gasteiger partial charge >= 0.3 is 0 Å². The molecule has 0 fully saturated rings. The average molecular weight is 257 g/mol. The first-order chi connectivity index (χ1) is 7.84. The van der Waals surface area contributed by atoms with Gasteiger partial charge in [0.2, 0.25) is 0 Å². The van der Waals surface area contributed by atoms with Crippen LogP contribution in [0.25, 0.3) is 0 Å². The van der Waals surface area contributed by atoms with Crippen molar-refractivity contribution in [2.75, 3.05) is 12.9 Å². The fourth-order valence-electron chi connectivity index (χ4n) is 1.21. The molecule has 0 saturated heterocycles. The molecule has 0 aliphatic carbocycles. The Bertz CT molecular complexity index is 493. The smallest absolute Gasteiger partial charge is 0.251 e. The van der Waals surface area contributed by atoms with E-state index in [1.807, 2.05) is 0 Å². The van der Waals surface area contributed by atoms with Gasteiger partial charge in [-0.25, -0.2) is 8.42 Å². The Morgan fingerprint density at radius 1 is 1.35 bits per heavy atom. The minimum Gasteiger partial charge on any atom is -0.394 e. The fourth-order valence-corrected chi connectivity index (χ4v) is 1.84. The van der Waals surface area contributed by atoms with Crippen molar-refractivity contribution >= 4 is 15.7 Å². The van der Waals surface area contributed by atoms with E-state index in [-0.39, 0.29) is 23.5 Å². The summed E-state index contributed by atoms with van der Waals surface area (Å²) in [4.78, 5) is 11.8. The monoisotopic (exact) mass is 257 g/mol. The van der Waals surface area contributed by atoms with Gasteiger partial charge in [-0.3, -0.25) is 4.79 Å². The summed E-state index contributed by atoms with van der Waals surface area (Å²) in [7, 11) is -3.24. The largest absolute Gasteiger partial charge is 0.394 e. The van der Waals surface area contributed by atoms with E-state index in [0.717, 1.165) is 6.26 Å². The zero-order chi connectivity index (χ0) is 13.1. The highest BCUT2D eigenvalue weighted by Gasteiger charge is 2.11. The van der Waals surface area contributed by atoms with Crippen LogP contribution in [0.1, 0.15) is 17.3 Å². The van der Waals surface area contributed by atoms with Crippen LogP contribution in [0.3, 0.4) is 0 Å². The molecule has 1 aromatic carbocycles. The van der Waals surface area contributed by atoms with Gasteiger partial charge in [0.25, 0.3) is 5.91 Å². The molecule has 0 spiro atoms. The van der Waals surface area contributed by atoms with Crippen molar-refractivity contribution in [3.05, 3.63) is 29.8 Å². The van der Waals surface area contributed by atoms with Crippen molar-refractivity contribution < 1.29 is 18.3 Å². The average Bonchev–Trinajstić information content (AvgIpc) is 2.27. The fraction of sp³-hybridized carbons (Fsp3) is 0.364. The van der Waals surface area contributed by atoms with E-state index in [0.29, 0.717) is 5.56 Å². The SMILES string of the molecule is CC(CO)NC(=O)c1ccc(S(C)(=O)=O)cc1. The van der Waals surface area contributed by atoms with Gasteiger partial charge < -0.3 is 10.4 Å². The number of carbonyl (C=O) groups excluding carboxylic acids is 1. The zero-order valence-corrected chi connectivity index (χ0v) is 10.5. The number of hydrogen-bond donors (Lipinski definition) is 2. The minimum atomic E-state index is -3.24. The Hall–Kier alpha value is -1.40. The van der Waals surface area contributed by atoms with Crippen LogP contribution >= 0.6 is 0 Å². The normalized spacial score (nSPS) is 13.1. The van der Waals surface area contributed by atoms with E-state index < -0.39 is 9.84 Å². The van der Waals surface area contributed by atoms with Gasteiger partial charge in [0.1, 0.15) is 0 Å². The zero-order valence-electron chi connectivity index (χ0n) is 9.67. The molecular weight excluding hydrogens is 242 g/mol. The predicted octanol–water partition coefficient (Wildman–Crippen LogP) is 0.201. The molecule has 0 heterocycles. The molecule has 0 bridgehead atoms. The molecule has 0 aliphatic rings. The van der Waals surface area contributed by atoms with Crippen molar-refractivity contribution in [2.45, 2.75) is 17.9 Å². The van der Waals surface area contributed by atoms with E-state index in [9.17, 15) is 13.2 Å². The molecule has 1 unspecified atom stereocenters.